The standard InChI is InChI=1S/C17H12BrNS/c18-14-6-5-12-7-8-19(16(12)9-14)10-13-11-20-17-4-2-1-3-15(13)17/h1-9,11H,10H2. The lowest BCUT2D eigenvalue weighted by molar-refractivity contribution is 0.845. The average molecular weight is 342 g/mol. The summed E-state index contributed by atoms with van der Waals surface area (Å²) in [5.74, 6) is 0. The maximum absolute atomic E-state index is 3.56. The summed E-state index contributed by atoms with van der Waals surface area (Å²) in [7, 11) is 0. The molecule has 0 spiro atoms. The quantitative estimate of drug-likeness (QED) is 0.442. The fraction of sp³-hybridized carbons (Fsp3) is 0.0588. The molecule has 2 aromatic heterocycles. The van der Waals surface area contributed by atoms with E-state index >= 15 is 0 Å². The molecule has 0 fully saturated rings. The molecule has 3 heteroatoms. The third-order valence-corrected chi connectivity index (χ3v) is 5.14. The second kappa shape index (κ2) is 4.76. The van der Waals surface area contributed by atoms with Crippen LogP contribution in [0.25, 0.3) is 21.0 Å². The molecule has 0 bridgehead atoms. The Labute approximate surface area is 129 Å². The van der Waals surface area contributed by atoms with Crippen LogP contribution >= 0.6 is 27.3 Å². The Bertz CT molecular complexity index is 904. The summed E-state index contributed by atoms with van der Waals surface area (Å²) in [6.45, 7) is 0.921. The minimum atomic E-state index is 0.921. The first kappa shape index (κ1) is 12.2. The SMILES string of the molecule is Brc1ccc2ccn(Cc3csc4ccccc34)c2c1. The molecule has 20 heavy (non-hydrogen) atoms. The van der Waals surface area contributed by atoms with E-state index in [0.29, 0.717) is 0 Å². The van der Waals surface area contributed by atoms with Crippen molar-refractivity contribution in [1.29, 1.82) is 0 Å². The average Bonchev–Trinajstić information content (AvgIpc) is 3.05. The lowest BCUT2D eigenvalue weighted by Crippen LogP contribution is -1.96. The number of hydrogen-bond donors (Lipinski definition) is 0. The molecule has 0 saturated heterocycles. The zero-order valence-corrected chi connectivity index (χ0v) is 13.1. The van der Waals surface area contributed by atoms with Gasteiger partial charge in [0.1, 0.15) is 0 Å². The topological polar surface area (TPSA) is 4.93 Å². The third kappa shape index (κ3) is 1.98. The number of thiophene rings is 1. The third-order valence-electron chi connectivity index (χ3n) is 3.64. The molecule has 4 aromatic rings. The van der Waals surface area contributed by atoms with Gasteiger partial charge in [-0.1, -0.05) is 40.2 Å². The first-order valence-corrected chi connectivity index (χ1v) is 8.18. The van der Waals surface area contributed by atoms with Crippen molar-refractivity contribution < 1.29 is 0 Å². The molecule has 1 nitrogen and oxygen atoms in total. The smallest absolute Gasteiger partial charge is 0.0494 e. The molecule has 2 heterocycles. The number of fused-ring (bicyclic) bond motifs is 2. The van der Waals surface area contributed by atoms with Gasteiger partial charge in [-0.05, 0) is 46.0 Å². The van der Waals surface area contributed by atoms with E-state index in [1.54, 1.807) is 0 Å². The Kier molecular flexibility index (Phi) is 2.90. The van der Waals surface area contributed by atoms with Crippen LogP contribution in [0.2, 0.25) is 0 Å². The summed E-state index contributed by atoms with van der Waals surface area (Å²) >= 11 is 5.38. The van der Waals surface area contributed by atoms with E-state index < -0.39 is 0 Å². The Morgan fingerprint density at radius 3 is 2.90 bits per heavy atom. The normalized spacial score (nSPS) is 11.4. The fourth-order valence-electron chi connectivity index (χ4n) is 2.63. The van der Waals surface area contributed by atoms with Crippen LogP contribution in [0.3, 0.4) is 0 Å². The maximum Gasteiger partial charge on any atom is 0.0494 e. The summed E-state index contributed by atoms with van der Waals surface area (Å²) in [5.41, 5.74) is 2.66. The van der Waals surface area contributed by atoms with E-state index in [0.717, 1.165) is 11.0 Å². The van der Waals surface area contributed by atoms with Crippen LogP contribution in [-0.2, 0) is 6.54 Å². The number of nitrogens with zero attached hydrogens (tertiary/aromatic N) is 1. The van der Waals surface area contributed by atoms with Gasteiger partial charge in [0.25, 0.3) is 0 Å². The van der Waals surface area contributed by atoms with E-state index in [-0.39, 0.29) is 0 Å². The van der Waals surface area contributed by atoms with Crippen LogP contribution < -0.4 is 0 Å². The van der Waals surface area contributed by atoms with Gasteiger partial charge < -0.3 is 4.57 Å². The summed E-state index contributed by atoms with van der Waals surface area (Å²) in [6.07, 6.45) is 2.17. The summed E-state index contributed by atoms with van der Waals surface area (Å²) in [6, 6.07) is 17.2. The van der Waals surface area contributed by atoms with Crippen molar-refractivity contribution in [2.45, 2.75) is 6.54 Å². The van der Waals surface area contributed by atoms with Gasteiger partial charge in [-0.25, -0.2) is 0 Å². The van der Waals surface area contributed by atoms with Crippen LogP contribution in [0.4, 0.5) is 0 Å². The number of hydrogen-bond acceptors (Lipinski definition) is 1. The lowest BCUT2D eigenvalue weighted by atomic mass is 10.2. The zero-order valence-electron chi connectivity index (χ0n) is 10.7. The van der Waals surface area contributed by atoms with Gasteiger partial charge in [0, 0.05) is 27.4 Å². The van der Waals surface area contributed by atoms with Crippen LogP contribution in [-0.4, -0.2) is 4.57 Å². The molecule has 98 valence electrons. The van der Waals surface area contributed by atoms with Crippen molar-refractivity contribution in [1.82, 2.24) is 4.57 Å². The van der Waals surface area contributed by atoms with E-state index in [1.165, 1.54) is 26.6 Å². The highest BCUT2D eigenvalue weighted by molar-refractivity contribution is 9.10. The molecule has 2 aromatic carbocycles. The summed E-state index contributed by atoms with van der Waals surface area (Å²) < 4.78 is 4.80. The number of aromatic nitrogens is 1. The van der Waals surface area contributed by atoms with Crippen molar-refractivity contribution >= 4 is 48.3 Å². The van der Waals surface area contributed by atoms with Gasteiger partial charge in [-0.2, -0.15) is 0 Å². The number of benzene rings is 2. The lowest BCUT2D eigenvalue weighted by Gasteiger charge is -2.05. The fourth-order valence-corrected chi connectivity index (χ4v) is 3.94. The molecule has 0 aliphatic heterocycles. The molecule has 0 unspecified atom stereocenters. The molecule has 0 aliphatic rings. The zero-order chi connectivity index (χ0) is 13.5. The van der Waals surface area contributed by atoms with Gasteiger partial charge >= 0.3 is 0 Å². The predicted octanol–water partition coefficient (Wildman–Crippen LogP) is 5.67. The Morgan fingerprint density at radius 1 is 1.05 bits per heavy atom. The minimum absolute atomic E-state index is 0.921. The van der Waals surface area contributed by atoms with E-state index in [9.17, 15) is 0 Å². The number of halogens is 1. The summed E-state index contributed by atoms with van der Waals surface area (Å²) in [4.78, 5) is 0. The van der Waals surface area contributed by atoms with Gasteiger partial charge in [-0.3, -0.25) is 0 Å². The monoisotopic (exact) mass is 341 g/mol. The highest BCUT2D eigenvalue weighted by Crippen LogP contribution is 2.28. The van der Waals surface area contributed by atoms with Gasteiger partial charge in [0.05, 0.1) is 0 Å². The summed E-state index contributed by atoms with van der Waals surface area (Å²) in [5, 5.41) is 4.93. The first-order valence-electron chi connectivity index (χ1n) is 6.51. The van der Waals surface area contributed by atoms with Gasteiger partial charge in [0.2, 0.25) is 0 Å². The first-order chi connectivity index (χ1) is 9.81. The second-order valence-electron chi connectivity index (χ2n) is 4.90. The van der Waals surface area contributed by atoms with E-state index in [1.807, 2.05) is 11.3 Å². The minimum Gasteiger partial charge on any atom is -0.343 e. The Hall–Kier alpha value is -1.58. The van der Waals surface area contributed by atoms with Crippen LogP contribution in [0.5, 0.6) is 0 Å². The van der Waals surface area contributed by atoms with Crippen molar-refractivity contribution in [2.75, 3.05) is 0 Å². The molecule has 4 rings (SSSR count). The van der Waals surface area contributed by atoms with Crippen LogP contribution in [0.15, 0.2) is 64.6 Å². The highest BCUT2D eigenvalue weighted by Gasteiger charge is 2.06. The Balaban J connectivity index is 1.82. The van der Waals surface area contributed by atoms with E-state index in [2.05, 4.69) is 80.6 Å². The van der Waals surface area contributed by atoms with Crippen LogP contribution in [0, 0.1) is 0 Å². The number of rotatable bonds is 2. The highest BCUT2D eigenvalue weighted by atomic mass is 79.9. The molecular formula is C17H12BrNS. The molecule has 0 atom stereocenters. The van der Waals surface area contributed by atoms with Crippen molar-refractivity contribution in [3.05, 3.63) is 70.1 Å². The molecule has 0 amide bonds. The molecule has 0 radical (unpaired) electrons. The largest absolute Gasteiger partial charge is 0.343 e. The molecule has 0 saturated carbocycles. The van der Waals surface area contributed by atoms with Crippen molar-refractivity contribution in [3.8, 4) is 0 Å². The molecule has 0 N–H and O–H groups in total. The second-order valence-corrected chi connectivity index (χ2v) is 6.73. The predicted molar refractivity (Wildman–Crippen MR) is 90.6 cm³/mol. The molecular weight excluding hydrogens is 330 g/mol. The van der Waals surface area contributed by atoms with Gasteiger partial charge in [0.15, 0.2) is 0 Å². The van der Waals surface area contributed by atoms with Gasteiger partial charge in [-0.15, -0.1) is 11.3 Å². The van der Waals surface area contributed by atoms with Crippen molar-refractivity contribution in [2.24, 2.45) is 0 Å². The van der Waals surface area contributed by atoms with E-state index in [4.69, 9.17) is 0 Å². The van der Waals surface area contributed by atoms with Crippen LogP contribution in [0.1, 0.15) is 5.56 Å². The maximum atomic E-state index is 3.56. The van der Waals surface area contributed by atoms with Crippen molar-refractivity contribution in [3.63, 3.8) is 0 Å². The molecule has 0 aliphatic carbocycles. The Morgan fingerprint density at radius 2 is 1.95 bits per heavy atom.